The van der Waals surface area contributed by atoms with E-state index in [0.29, 0.717) is 31.0 Å². The van der Waals surface area contributed by atoms with Gasteiger partial charge in [0.2, 0.25) is 27.7 Å². The van der Waals surface area contributed by atoms with Gasteiger partial charge in [-0.05, 0) is 37.3 Å². The van der Waals surface area contributed by atoms with Crippen LogP contribution in [0.15, 0.2) is 59.5 Å². The number of nitrogens with two attached hydrogens (primary N) is 1. The first kappa shape index (κ1) is 36.3. The van der Waals surface area contributed by atoms with Crippen molar-refractivity contribution < 1.29 is 32.4 Å². The van der Waals surface area contributed by atoms with E-state index < -0.39 is 27.7 Å². The van der Waals surface area contributed by atoms with E-state index in [1.807, 2.05) is 37.3 Å². The fourth-order valence-corrected chi connectivity index (χ4v) is 4.55. The van der Waals surface area contributed by atoms with Crippen LogP contribution < -0.4 is 31.9 Å². The molecule has 0 unspecified atom stereocenters. The average molecular weight is 675 g/mol. The first-order chi connectivity index (χ1) is 22.0. The molecule has 0 aliphatic heterocycles. The highest BCUT2D eigenvalue weighted by Crippen LogP contribution is 2.25. The lowest BCUT2D eigenvalue weighted by molar-refractivity contribution is -0.128. The van der Waals surface area contributed by atoms with Crippen molar-refractivity contribution in [1.29, 1.82) is 0 Å². The van der Waals surface area contributed by atoms with Crippen LogP contribution in [0.2, 0.25) is 0 Å². The molecule has 2 aromatic carbocycles. The fraction of sp³-hybridized carbons (Fsp3) is 0.345. The maximum atomic E-state index is 12.0. The van der Waals surface area contributed by atoms with E-state index in [1.54, 1.807) is 16.8 Å². The smallest absolute Gasteiger partial charge is 0.239 e. The molecule has 3 aromatic rings. The first-order valence-corrected chi connectivity index (χ1v) is 16.4. The number of carbonyl (C=O) groups excluding carboxylic acids is 4. The third kappa shape index (κ3) is 12.3. The van der Waals surface area contributed by atoms with Crippen LogP contribution in [-0.2, 0) is 40.6 Å². The predicted octanol–water partition coefficient (Wildman–Crippen LogP) is -0.656. The van der Waals surface area contributed by atoms with Gasteiger partial charge in [-0.25, -0.2) is 23.7 Å². The van der Waals surface area contributed by atoms with E-state index in [9.17, 15) is 27.6 Å². The van der Waals surface area contributed by atoms with Crippen molar-refractivity contribution in [2.24, 2.45) is 5.14 Å². The van der Waals surface area contributed by atoms with Crippen molar-refractivity contribution in [2.75, 3.05) is 45.0 Å². The van der Waals surface area contributed by atoms with Crippen LogP contribution in [0.3, 0.4) is 0 Å². The molecule has 0 atom stereocenters. The summed E-state index contributed by atoms with van der Waals surface area (Å²) in [4.78, 5) is 52.0. The zero-order chi connectivity index (χ0) is 33.5. The molecule has 1 heterocycles. The zero-order valence-corrected chi connectivity index (χ0v) is 27.0. The first-order valence-electron chi connectivity index (χ1n) is 14.2. The fourth-order valence-electron chi connectivity index (χ4n) is 3.92. The Morgan fingerprint density at radius 3 is 2.13 bits per heavy atom. The highest BCUT2D eigenvalue weighted by atomic mass is 32.2. The summed E-state index contributed by atoms with van der Waals surface area (Å²) in [6, 6.07) is 16.0. The maximum absolute atomic E-state index is 12.0. The lowest BCUT2D eigenvalue weighted by Gasteiger charge is -2.09. The van der Waals surface area contributed by atoms with Crippen molar-refractivity contribution in [1.82, 2.24) is 36.5 Å². The molecule has 0 aliphatic carbocycles. The molecule has 0 saturated carbocycles. The maximum Gasteiger partial charge on any atom is 0.239 e. The number of rotatable bonds is 19. The number of thiol groups is 1. The molecule has 3 rings (SSSR count). The molecule has 3 amide bonds. The minimum absolute atomic E-state index is 0.00499. The minimum Gasteiger partial charge on any atom is -0.347 e. The molecule has 0 radical (unpaired) electrons. The summed E-state index contributed by atoms with van der Waals surface area (Å²) in [5, 5.41) is 20.1. The molecule has 0 bridgehead atoms. The van der Waals surface area contributed by atoms with Crippen molar-refractivity contribution in [3.05, 3.63) is 65.9 Å². The van der Waals surface area contributed by atoms with E-state index in [-0.39, 0.29) is 49.1 Å². The van der Waals surface area contributed by atoms with Gasteiger partial charge >= 0.3 is 0 Å². The van der Waals surface area contributed by atoms with E-state index in [2.05, 4.69) is 44.5 Å². The Morgan fingerprint density at radius 2 is 1.50 bits per heavy atom. The molecule has 0 saturated heterocycles. The van der Waals surface area contributed by atoms with Crippen LogP contribution in [0.1, 0.15) is 17.7 Å². The van der Waals surface area contributed by atoms with Crippen LogP contribution >= 0.6 is 12.6 Å². The summed E-state index contributed by atoms with van der Waals surface area (Å²) in [6.07, 6.45) is 0.195. The Morgan fingerprint density at radius 1 is 0.870 bits per heavy atom. The van der Waals surface area contributed by atoms with Gasteiger partial charge in [-0.2, -0.15) is 17.7 Å². The van der Waals surface area contributed by atoms with E-state index in [1.165, 1.54) is 12.1 Å². The Labute approximate surface area is 272 Å². The number of benzene rings is 2. The highest BCUT2D eigenvalue weighted by molar-refractivity contribution is 7.89. The summed E-state index contributed by atoms with van der Waals surface area (Å²) in [7, 11) is -3.82. The molecule has 1 aromatic heterocycles. The Balaban J connectivity index is 1.36. The summed E-state index contributed by atoms with van der Waals surface area (Å²) in [6.45, 7) is 2.76. The molecule has 15 nitrogen and oxygen atoms in total. The number of ketones is 1. The molecular weight excluding hydrogens is 637 g/mol. The SMILES string of the molecule is Cc1ccc(-c2cc(CONCCNCCC(=O)CNC(=O)CNC(=O)CNC(=O)CS)nn2-c2ccc(S(N)(=O)=O)cc2)cc1. The van der Waals surface area contributed by atoms with Crippen molar-refractivity contribution in [3.8, 4) is 16.9 Å². The number of amides is 3. The normalized spacial score (nSPS) is 11.2. The number of primary sulfonamides is 1. The number of nitrogens with zero attached hydrogens (tertiary/aromatic N) is 2. The van der Waals surface area contributed by atoms with Crippen molar-refractivity contribution >= 4 is 46.2 Å². The number of carbonyl (C=O) groups is 4. The molecular formula is C29H38N8O7S2. The lowest BCUT2D eigenvalue weighted by atomic mass is 10.1. The molecule has 0 spiro atoms. The number of sulfonamides is 1. The Bertz CT molecular complexity index is 1590. The quantitative estimate of drug-likeness (QED) is 0.0484. The third-order valence-electron chi connectivity index (χ3n) is 6.34. The van der Waals surface area contributed by atoms with Gasteiger partial charge in [0, 0.05) is 31.6 Å². The Hall–Kier alpha value is -4.13. The summed E-state index contributed by atoms with van der Waals surface area (Å²) < 4.78 is 25.0. The number of hydrogen-bond acceptors (Lipinski definition) is 11. The van der Waals surface area contributed by atoms with Gasteiger partial charge in [-0.1, -0.05) is 29.8 Å². The van der Waals surface area contributed by atoms with Gasteiger partial charge in [0.15, 0.2) is 5.78 Å². The molecule has 17 heteroatoms. The largest absolute Gasteiger partial charge is 0.347 e. The third-order valence-corrected chi connectivity index (χ3v) is 7.56. The van der Waals surface area contributed by atoms with Crippen molar-refractivity contribution in [3.63, 3.8) is 0 Å². The standard InChI is InChI=1S/C29H38N8O7S2/c1-20-2-4-21(5-3-20)26-14-22(36-37(26)23-6-8-25(9-7-23)46(30,42)43)18-44-35-13-12-31-11-10-24(38)15-32-27(39)16-33-28(40)17-34-29(41)19-45/h2-9,14,31,35,45H,10-13,15-19H2,1H3,(H,32,39)(H,33,40)(H,34,41)(H2,30,42,43). The van der Waals surface area contributed by atoms with Crippen LogP contribution in [-0.4, -0.2) is 86.7 Å². The lowest BCUT2D eigenvalue weighted by Crippen LogP contribution is -2.43. The molecule has 0 aliphatic rings. The minimum atomic E-state index is -3.82. The van der Waals surface area contributed by atoms with Gasteiger partial charge in [0.25, 0.3) is 0 Å². The van der Waals surface area contributed by atoms with Gasteiger partial charge in [0.05, 0.1) is 47.4 Å². The molecule has 7 N–H and O–H groups in total. The number of Topliss-reactive ketones (excluding diaryl/α,β-unsaturated/α-hetero) is 1. The number of hydroxylamine groups is 1. The highest BCUT2D eigenvalue weighted by Gasteiger charge is 2.14. The van der Waals surface area contributed by atoms with Crippen LogP contribution in [0.25, 0.3) is 16.9 Å². The molecule has 0 fully saturated rings. The van der Waals surface area contributed by atoms with E-state index in [4.69, 9.17) is 9.98 Å². The second-order valence-electron chi connectivity index (χ2n) is 10.0. The molecule has 248 valence electrons. The van der Waals surface area contributed by atoms with Gasteiger partial charge < -0.3 is 21.3 Å². The number of nitrogens with one attached hydrogen (secondary N) is 5. The van der Waals surface area contributed by atoms with Crippen LogP contribution in [0.4, 0.5) is 0 Å². The van der Waals surface area contributed by atoms with Crippen molar-refractivity contribution in [2.45, 2.75) is 24.8 Å². The molecule has 46 heavy (non-hydrogen) atoms. The van der Waals surface area contributed by atoms with E-state index in [0.717, 1.165) is 16.8 Å². The second-order valence-corrected chi connectivity index (χ2v) is 11.9. The van der Waals surface area contributed by atoms with Gasteiger partial charge in [-0.15, -0.1) is 0 Å². The average Bonchev–Trinajstić information content (AvgIpc) is 3.46. The summed E-state index contributed by atoms with van der Waals surface area (Å²) in [5.74, 6) is -1.69. The number of aromatic nitrogens is 2. The monoisotopic (exact) mass is 674 g/mol. The second kappa shape index (κ2) is 18.1. The van der Waals surface area contributed by atoms with Crippen LogP contribution in [0.5, 0.6) is 0 Å². The topological polar surface area (TPSA) is 216 Å². The van der Waals surface area contributed by atoms with Gasteiger partial charge in [-0.3, -0.25) is 24.0 Å². The zero-order valence-electron chi connectivity index (χ0n) is 25.2. The Kier molecular flexibility index (Phi) is 14.3. The van der Waals surface area contributed by atoms with E-state index >= 15 is 0 Å². The number of hydrogen-bond donors (Lipinski definition) is 7. The predicted molar refractivity (Wildman–Crippen MR) is 173 cm³/mol. The summed E-state index contributed by atoms with van der Waals surface area (Å²) >= 11 is 3.77. The summed E-state index contributed by atoms with van der Waals surface area (Å²) in [5.41, 5.74) is 6.96. The van der Waals surface area contributed by atoms with Gasteiger partial charge in [0.1, 0.15) is 6.61 Å². The van der Waals surface area contributed by atoms with Crippen LogP contribution in [0, 0.1) is 6.92 Å². The number of aryl methyl sites for hydroxylation is 1.